The topological polar surface area (TPSA) is 39.7 Å². The van der Waals surface area contributed by atoms with E-state index in [9.17, 15) is 4.39 Å². The second-order valence-electron chi connectivity index (χ2n) is 3.90. The number of benzene rings is 1. The van der Waals surface area contributed by atoms with E-state index in [4.69, 9.17) is 14.2 Å². The minimum absolute atomic E-state index is 0.0312. The third-order valence-electron chi connectivity index (χ3n) is 2.63. The molecule has 0 aliphatic rings. The maximum absolute atomic E-state index is 13.6. The average Bonchev–Trinajstić information content (AvgIpc) is 2.39. The molecule has 18 heavy (non-hydrogen) atoms. The van der Waals surface area contributed by atoms with Gasteiger partial charge in [-0.1, -0.05) is 6.07 Å². The highest BCUT2D eigenvalue weighted by molar-refractivity contribution is 5.28. The first-order valence-corrected chi connectivity index (χ1v) is 5.76. The number of hydrogen-bond acceptors (Lipinski definition) is 4. The van der Waals surface area contributed by atoms with Crippen molar-refractivity contribution in [3.63, 3.8) is 0 Å². The van der Waals surface area contributed by atoms with Crippen LogP contribution in [0.25, 0.3) is 0 Å². The van der Waals surface area contributed by atoms with Crippen molar-refractivity contribution in [3.8, 4) is 5.75 Å². The third-order valence-corrected chi connectivity index (χ3v) is 2.63. The van der Waals surface area contributed by atoms with Gasteiger partial charge in [0.25, 0.3) is 0 Å². The normalized spacial score (nSPS) is 12.4. The average molecular weight is 257 g/mol. The highest BCUT2D eigenvalue weighted by atomic mass is 19.1. The lowest BCUT2D eigenvalue weighted by atomic mass is 10.2. The summed E-state index contributed by atoms with van der Waals surface area (Å²) in [6.45, 7) is 1.56. The van der Waals surface area contributed by atoms with E-state index in [0.717, 1.165) is 0 Å². The molecule has 102 valence electrons. The Morgan fingerprint density at radius 1 is 1.28 bits per heavy atom. The van der Waals surface area contributed by atoms with Crippen LogP contribution in [0.2, 0.25) is 0 Å². The first-order valence-electron chi connectivity index (χ1n) is 5.76. The second kappa shape index (κ2) is 8.02. The van der Waals surface area contributed by atoms with Crippen LogP contribution in [0.5, 0.6) is 5.75 Å². The van der Waals surface area contributed by atoms with E-state index in [1.165, 1.54) is 13.2 Å². The molecule has 5 heteroatoms. The van der Waals surface area contributed by atoms with Crippen molar-refractivity contribution in [2.75, 3.05) is 34.5 Å². The molecule has 0 bridgehead atoms. The van der Waals surface area contributed by atoms with Crippen molar-refractivity contribution in [2.45, 2.75) is 12.6 Å². The van der Waals surface area contributed by atoms with Crippen LogP contribution in [-0.4, -0.2) is 40.6 Å². The SMILES string of the molecule is COCC(CNCc1ccc(OC)cc1F)OC. The van der Waals surface area contributed by atoms with Crippen molar-refractivity contribution in [3.05, 3.63) is 29.6 Å². The summed E-state index contributed by atoms with van der Waals surface area (Å²) in [6.07, 6.45) is -0.0312. The van der Waals surface area contributed by atoms with E-state index in [-0.39, 0.29) is 11.9 Å². The standard InChI is InChI=1S/C13H20FNO3/c1-16-9-12(18-3)8-15-7-10-4-5-11(17-2)6-13(10)14/h4-6,12,15H,7-9H2,1-3H3. The Kier molecular flexibility index (Phi) is 6.64. The maximum atomic E-state index is 13.6. The minimum Gasteiger partial charge on any atom is -0.497 e. The molecule has 1 rings (SSSR count). The predicted octanol–water partition coefficient (Wildman–Crippen LogP) is 1.59. The van der Waals surface area contributed by atoms with Gasteiger partial charge in [0.1, 0.15) is 11.6 Å². The first kappa shape index (κ1) is 14.9. The third kappa shape index (κ3) is 4.60. The summed E-state index contributed by atoms with van der Waals surface area (Å²) in [7, 11) is 4.76. The number of methoxy groups -OCH3 is 3. The van der Waals surface area contributed by atoms with Gasteiger partial charge in [0.2, 0.25) is 0 Å². The van der Waals surface area contributed by atoms with Crippen LogP contribution in [0.4, 0.5) is 4.39 Å². The van der Waals surface area contributed by atoms with E-state index >= 15 is 0 Å². The van der Waals surface area contributed by atoms with Crippen molar-refractivity contribution in [1.29, 1.82) is 0 Å². The molecule has 1 aromatic carbocycles. The van der Waals surface area contributed by atoms with Gasteiger partial charge in [0.05, 0.1) is 19.8 Å². The van der Waals surface area contributed by atoms with Crippen LogP contribution in [-0.2, 0) is 16.0 Å². The van der Waals surface area contributed by atoms with Gasteiger partial charge in [-0.2, -0.15) is 0 Å². The van der Waals surface area contributed by atoms with Crippen LogP contribution < -0.4 is 10.1 Å². The van der Waals surface area contributed by atoms with Crippen molar-refractivity contribution in [2.24, 2.45) is 0 Å². The Morgan fingerprint density at radius 2 is 2.06 bits per heavy atom. The molecule has 4 nitrogen and oxygen atoms in total. The van der Waals surface area contributed by atoms with Gasteiger partial charge < -0.3 is 19.5 Å². The number of rotatable bonds is 8. The highest BCUT2D eigenvalue weighted by Gasteiger charge is 2.08. The molecule has 0 radical (unpaired) electrons. The number of halogens is 1. The van der Waals surface area contributed by atoms with Gasteiger partial charge >= 0.3 is 0 Å². The summed E-state index contributed by atoms with van der Waals surface area (Å²) in [5.41, 5.74) is 0.600. The predicted molar refractivity (Wildman–Crippen MR) is 67.3 cm³/mol. The number of hydrogen-bond donors (Lipinski definition) is 1. The van der Waals surface area contributed by atoms with E-state index < -0.39 is 0 Å². The first-order chi connectivity index (χ1) is 8.71. The van der Waals surface area contributed by atoms with Gasteiger partial charge in [0, 0.05) is 38.9 Å². The largest absolute Gasteiger partial charge is 0.497 e. The molecule has 1 atom stereocenters. The fourth-order valence-corrected chi connectivity index (χ4v) is 1.56. The molecule has 1 N–H and O–H groups in total. The number of nitrogens with one attached hydrogen (secondary N) is 1. The van der Waals surface area contributed by atoms with E-state index in [1.54, 1.807) is 26.4 Å². The molecule has 0 spiro atoms. The molecule has 0 aromatic heterocycles. The minimum atomic E-state index is -0.275. The van der Waals surface area contributed by atoms with Gasteiger partial charge in [-0.3, -0.25) is 0 Å². The molecule has 0 saturated carbocycles. The Bertz CT molecular complexity index is 360. The zero-order chi connectivity index (χ0) is 13.4. The molecule has 0 amide bonds. The second-order valence-corrected chi connectivity index (χ2v) is 3.90. The monoisotopic (exact) mass is 257 g/mol. The van der Waals surface area contributed by atoms with E-state index in [1.807, 2.05) is 0 Å². The van der Waals surface area contributed by atoms with E-state index in [0.29, 0.717) is 31.0 Å². The fourth-order valence-electron chi connectivity index (χ4n) is 1.56. The molecule has 0 aliphatic carbocycles. The Balaban J connectivity index is 2.43. The fraction of sp³-hybridized carbons (Fsp3) is 0.538. The van der Waals surface area contributed by atoms with Crippen LogP contribution in [0.15, 0.2) is 18.2 Å². The summed E-state index contributed by atoms with van der Waals surface area (Å²) in [5.74, 6) is 0.243. The molecular formula is C13H20FNO3. The van der Waals surface area contributed by atoms with Crippen molar-refractivity contribution < 1.29 is 18.6 Å². The summed E-state index contributed by atoms with van der Waals surface area (Å²) in [6, 6.07) is 4.82. The Labute approximate surface area is 107 Å². The summed E-state index contributed by atoms with van der Waals surface area (Å²) in [4.78, 5) is 0. The highest BCUT2D eigenvalue weighted by Crippen LogP contribution is 2.15. The quantitative estimate of drug-likeness (QED) is 0.767. The lowest BCUT2D eigenvalue weighted by Crippen LogP contribution is -2.31. The molecular weight excluding hydrogens is 237 g/mol. The Hall–Kier alpha value is -1.17. The number of ether oxygens (including phenoxy) is 3. The zero-order valence-corrected chi connectivity index (χ0v) is 11.0. The lowest BCUT2D eigenvalue weighted by Gasteiger charge is -2.15. The molecule has 1 unspecified atom stereocenters. The van der Waals surface area contributed by atoms with Crippen LogP contribution in [0.3, 0.4) is 0 Å². The summed E-state index contributed by atoms with van der Waals surface area (Å²) >= 11 is 0. The van der Waals surface area contributed by atoms with Gasteiger partial charge in [0.15, 0.2) is 0 Å². The van der Waals surface area contributed by atoms with Gasteiger partial charge in [-0.05, 0) is 6.07 Å². The lowest BCUT2D eigenvalue weighted by molar-refractivity contribution is 0.0287. The zero-order valence-electron chi connectivity index (χ0n) is 11.0. The van der Waals surface area contributed by atoms with Crippen molar-refractivity contribution >= 4 is 0 Å². The van der Waals surface area contributed by atoms with Gasteiger partial charge in [-0.25, -0.2) is 4.39 Å². The molecule has 0 saturated heterocycles. The van der Waals surface area contributed by atoms with Crippen LogP contribution >= 0.6 is 0 Å². The Morgan fingerprint density at radius 3 is 2.61 bits per heavy atom. The molecule has 0 aliphatic heterocycles. The summed E-state index contributed by atoms with van der Waals surface area (Å²) in [5, 5.41) is 3.13. The summed E-state index contributed by atoms with van der Waals surface area (Å²) < 4.78 is 28.8. The van der Waals surface area contributed by atoms with Crippen LogP contribution in [0, 0.1) is 5.82 Å². The smallest absolute Gasteiger partial charge is 0.131 e. The van der Waals surface area contributed by atoms with Crippen molar-refractivity contribution in [1.82, 2.24) is 5.32 Å². The van der Waals surface area contributed by atoms with Crippen LogP contribution in [0.1, 0.15) is 5.56 Å². The molecule has 0 fully saturated rings. The van der Waals surface area contributed by atoms with Gasteiger partial charge in [-0.15, -0.1) is 0 Å². The molecule has 0 heterocycles. The maximum Gasteiger partial charge on any atom is 0.131 e. The van der Waals surface area contributed by atoms with E-state index in [2.05, 4.69) is 5.32 Å². The molecule has 1 aromatic rings.